The molecule has 104 valence electrons. The second-order valence-electron chi connectivity index (χ2n) is 4.87. The highest BCUT2D eigenvalue weighted by molar-refractivity contribution is 5.88. The molecule has 1 aromatic heterocycles. The summed E-state index contributed by atoms with van der Waals surface area (Å²) in [6.45, 7) is 2.81. The number of hydrogen-bond acceptors (Lipinski definition) is 4. The number of carboxylic acids is 1. The number of furan rings is 1. The van der Waals surface area contributed by atoms with E-state index in [-0.39, 0.29) is 17.5 Å². The first kappa shape index (κ1) is 13.6. The van der Waals surface area contributed by atoms with Gasteiger partial charge in [-0.2, -0.15) is 0 Å². The molecule has 1 saturated heterocycles. The van der Waals surface area contributed by atoms with E-state index in [9.17, 15) is 9.59 Å². The molecule has 0 radical (unpaired) electrons. The zero-order valence-electron chi connectivity index (χ0n) is 10.9. The first-order valence-electron chi connectivity index (χ1n) is 6.35. The molecule has 1 fully saturated rings. The lowest BCUT2D eigenvalue weighted by atomic mass is 10.0. The van der Waals surface area contributed by atoms with Gasteiger partial charge in [0.05, 0.1) is 12.6 Å². The molecule has 1 aromatic rings. The van der Waals surface area contributed by atoms with Gasteiger partial charge in [0.1, 0.15) is 17.1 Å². The minimum Gasteiger partial charge on any atom is -0.478 e. The van der Waals surface area contributed by atoms with Crippen molar-refractivity contribution in [1.82, 2.24) is 4.90 Å². The van der Waals surface area contributed by atoms with Crippen LogP contribution in [0.4, 0.5) is 0 Å². The van der Waals surface area contributed by atoms with E-state index in [1.54, 1.807) is 6.92 Å². The van der Waals surface area contributed by atoms with Crippen LogP contribution >= 0.6 is 0 Å². The molecule has 0 bridgehead atoms. The van der Waals surface area contributed by atoms with Crippen molar-refractivity contribution in [3.05, 3.63) is 23.2 Å². The highest BCUT2D eigenvalue weighted by Gasteiger charge is 2.28. The number of likely N-dealkylation sites (tertiary alicyclic amines) is 1. The van der Waals surface area contributed by atoms with Gasteiger partial charge in [0.25, 0.3) is 0 Å². The van der Waals surface area contributed by atoms with E-state index in [0.29, 0.717) is 18.1 Å². The van der Waals surface area contributed by atoms with Crippen molar-refractivity contribution in [2.45, 2.75) is 38.8 Å². The molecule has 19 heavy (non-hydrogen) atoms. The number of aryl methyl sites for hydroxylation is 1. The zero-order valence-corrected chi connectivity index (χ0v) is 10.9. The molecule has 0 aromatic carbocycles. The number of piperidine rings is 1. The second kappa shape index (κ2) is 5.44. The Morgan fingerprint density at radius 2 is 2.26 bits per heavy atom. The van der Waals surface area contributed by atoms with Crippen LogP contribution in [0.5, 0.6) is 0 Å². The summed E-state index contributed by atoms with van der Waals surface area (Å²) < 4.78 is 5.43. The summed E-state index contributed by atoms with van der Waals surface area (Å²) in [5.74, 6) is -0.391. The molecule has 1 aliphatic rings. The van der Waals surface area contributed by atoms with Crippen LogP contribution in [0.25, 0.3) is 0 Å². The normalized spacial score (nSPS) is 20.4. The van der Waals surface area contributed by atoms with Crippen LogP contribution in [0.1, 0.15) is 41.1 Å². The summed E-state index contributed by atoms with van der Waals surface area (Å²) in [4.78, 5) is 24.3. The van der Waals surface area contributed by atoms with Gasteiger partial charge < -0.3 is 15.3 Å². The number of nitrogens with two attached hydrogens (primary N) is 1. The van der Waals surface area contributed by atoms with Crippen LogP contribution in [0.2, 0.25) is 0 Å². The molecule has 6 heteroatoms. The van der Waals surface area contributed by atoms with Crippen molar-refractivity contribution in [2.24, 2.45) is 5.73 Å². The van der Waals surface area contributed by atoms with Crippen LogP contribution < -0.4 is 5.73 Å². The first-order valence-corrected chi connectivity index (χ1v) is 6.35. The van der Waals surface area contributed by atoms with Crippen molar-refractivity contribution >= 4 is 11.9 Å². The van der Waals surface area contributed by atoms with Gasteiger partial charge in [0, 0.05) is 0 Å². The lowest BCUT2D eigenvalue weighted by Crippen LogP contribution is -2.47. The Labute approximate surface area is 111 Å². The Hall–Kier alpha value is -1.82. The standard InChI is InChI=1S/C13H18N2O4/c1-8-10(13(17)18)6-9(19-8)7-15-5-3-2-4-11(15)12(14)16/h6,11H,2-5,7H2,1H3,(H2,14,16)(H,17,18). The minimum atomic E-state index is -1.00. The number of carboxylic acid groups (broad SMARTS) is 1. The fourth-order valence-corrected chi connectivity index (χ4v) is 2.54. The summed E-state index contributed by atoms with van der Waals surface area (Å²) in [5.41, 5.74) is 5.56. The maximum absolute atomic E-state index is 11.4. The number of rotatable bonds is 4. The van der Waals surface area contributed by atoms with E-state index in [1.807, 2.05) is 4.90 Å². The van der Waals surface area contributed by atoms with E-state index < -0.39 is 5.97 Å². The molecular formula is C13H18N2O4. The Bertz CT molecular complexity index is 495. The fourth-order valence-electron chi connectivity index (χ4n) is 2.54. The lowest BCUT2D eigenvalue weighted by molar-refractivity contribution is -0.124. The van der Waals surface area contributed by atoms with Crippen molar-refractivity contribution < 1.29 is 19.1 Å². The Morgan fingerprint density at radius 1 is 1.53 bits per heavy atom. The third kappa shape index (κ3) is 2.96. The molecule has 1 unspecified atom stereocenters. The molecule has 3 N–H and O–H groups in total. The number of carbonyl (C=O) groups excluding carboxylic acids is 1. The molecule has 1 aliphatic heterocycles. The number of carbonyl (C=O) groups is 2. The fraction of sp³-hybridized carbons (Fsp3) is 0.538. The molecule has 0 aliphatic carbocycles. The molecule has 2 heterocycles. The van der Waals surface area contributed by atoms with E-state index in [1.165, 1.54) is 6.07 Å². The van der Waals surface area contributed by atoms with Crippen LogP contribution in [0, 0.1) is 6.92 Å². The van der Waals surface area contributed by atoms with Crippen LogP contribution in [-0.2, 0) is 11.3 Å². The maximum Gasteiger partial charge on any atom is 0.339 e. The Kier molecular flexibility index (Phi) is 3.90. The average molecular weight is 266 g/mol. The van der Waals surface area contributed by atoms with Gasteiger partial charge in [0.15, 0.2) is 0 Å². The van der Waals surface area contributed by atoms with E-state index >= 15 is 0 Å². The van der Waals surface area contributed by atoms with Crippen LogP contribution in [0.15, 0.2) is 10.5 Å². The predicted octanol–water partition coefficient (Wildman–Crippen LogP) is 1.13. The van der Waals surface area contributed by atoms with Crippen molar-refractivity contribution in [3.63, 3.8) is 0 Å². The van der Waals surface area contributed by atoms with Crippen molar-refractivity contribution in [2.75, 3.05) is 6.54 Å². The summed E-state index contributed by atoms with van der Waals surface area (Å²) in [6.07, 6.45) is 2.75. The monoisotopic (exact) mass is 266 g/mol. The molecule has 0 spiro atoms. The second-order valence-corrected chi connectivity index (χ2v) is 4.87. The molecular weight excluding hydrogens is 248 g/mol. The highest BCUT2D eigenvalue weighted by atomic mass is 16.4. The van der Waals surface area contributed by atoms with Gasteiger partial charge in [-0.05, 0) is 32.4 Å². The molecule has 0 saturated carbocycles. The number of primary amides is 1. The van der Waals surface area contributed by atoms with Crippen LogP contribution in [0.3, 0.4) is 0 Å². The molecule has 1 amide bonds. The number of amides is 1. The highest BCUT2D eigenvalue weighted by Crippen LogP contribution is 2.22. The van der Waals surface area contributed by atoms with Gasteiger partial charge >= 0.3 is 5.97 Å². The molecule has 6 nitrogen and oxygen atoms in total. The van der Waals surface area contributed by atoms with Gasteiger partial charge in [-0.15, -0.1) is 0 Å². The Balaban J connectivity index is 2.13. The topological polar surface area (TPSA) is 96.8 Å². The van der Waals surface area contributed by atoms with Gasteiger partial charge in [-0.25, -0.2) is 4.79 Å². The summed E-state index contributed by atoms with van der Waals surface area (Å²) >= 11 is 0. The summed E-state index contributed by atoms with van der Waals surface area (Å²) in [7, 11) is 0. The smallest absolute Gasteiger partial charge is 0.339 e. The summed E-state index contributed by atoms with van der Waals surface area (Å²) in [6, 6.07) is 1.23. The van der Waals surface area contributed by atoms with Gasteiger partial charge in [-0.1, -0.05) is 6.42 Å². The van der Waals surface area contributed by atoms with Crippen molar-refractivity contribution in [1.29, 1.82) is 0 Å². The van der Waals surface area contributed by atoms with E-state index in [4.69, 9.17) is 15.3 Å². The van der Waals surface area contributed by atoms with Crippen LogP contribution in [-0.4, -0.2) is 34.5 Å². The SMILES string of the molecule is Cc1oc(CN2CCCCC2C(N)=O)cc1C(=O)O. The molecule has 2 rings (SSSR count). The van der Waals surface area contributed by atoms with Crippen molar-refractivity contribution in [3.8, 4) is 0 Å². The third-order valence-corrected chi connectivity index (χ3v) is 3.50. The molecule has 1 atom stereocenters. The maximum atomic E-state index is 11.4. The predicted molar refractivity (Wildman–Crippen MR) is 67.6 cm³/mol. The number of nitrogens with zero attached hydrogens (tertiary/aromatic N) is 1. The van der Waals surface area contributed by atoms with E-state index in [0.717, 1.165) is 25.8 Å². The quantitative estimate of drug-likeness (QED) is 0.851. The summed E-state index contributed by atoms with van der Waals surface area (Å²) in [5, 5.41) is 8.98. The van der Waals surface area contributed by atoms with E-state index in [2.05, 4.69) is 0 Å². The first-order chi connectivity index (χ1) is 8.99. The minimum absolute atomic E-state index is 0.169. The largest absolute Gasteiger partial charge is 0.478 e. The zero-order chi connectivity index (χ0) is 14.0. The Morgan fingerprint density at radius 3 is 2.84 bits per heavy atom. The van der Waals surface area contributed by atoms with Gasteiger partial charge in [0.2, 0.25) is 5.91 Å². The number of aromatic carboxylic acids is 1. The van der Waals surface area contributed by atoms with Gasteiger partial charge in [-0.3, -0.25) is 9.69 Å². The average Bonchev–Trinajstić information content (AvgIpc) is 2.71. The third-order valence-electron chi connectivity index (χ3n) is 3.50. The lowest BCUT2D eigenvalue weighted by Gasteiger charge is -2.32. The number of hydrogen-bond donors (Lipinski definition) is 2.